The van der Waals surface area contributed by atoms with Crippen molar-refractivity contribution in [3.05, 3.63) is 41.5 Å². The zero-order valence-electron chi connectivity index (χ0n) is 15.5. The summed E-state index contributed by atoms with van der Waals surface area (Å²) in [6.45, 7) is 9.28. The Morgan fingerprint density at radius 1 is 1.24 bits per heavy atom. The SMILES string of the molecule is CN=C(NCc1noc(C)n1)NC(C)c1ccc(OCC(C)C)cc1. The Labute approximate surface area is 148 Å². The van der Waals surface area contributed by atoms with Crippen LogP contribution in [-0.4, -0.2) is 29.8 Å². The molecule has 1 aromatic carbocycles. The van der Waals surface area contributed by atoms with Crippen LogP contribution < -0.4 is 15.4 Å². The quantitative estimate of drug-likeness (QED) is 0.593. The van der Waals surface area contributed by atoms with Crippen molar-refractivity contribution in [2.45, 2.75) is 40.3 Å². The van der Waals surface area contributed by atoms with Crippen LogP contribution in [0.25, 0.3) is 0 Å². The van der Waals surface area contributed by atoms with Crippen molar-refractivity contribution in [1.82, 2.24) is 20.8 Å². The van der Waals surface area contributed by atoms with Crippen molar-refractivity contribution >= 4 is 5.96 Å². The number of aromatic nitrogens is 2. The summed E-state index contributed by atoms with van der Waals surface area (Å²) in [6.07, 6.45) is 0. The molecule has 25 heavy (non-hydrogen) atoms. The van der Waals surface area contributed by atoms with Crippen molar-refractivity contribution in [3.63, 3.8) is 0 Å². The van der Waals surface area contributed by atoms with E-state index in [-0.39, 0.29) is 6.04 Å². The van der Waals surface area contributed by atoms with E-state index in [1.165, 1.54) is 0 Å². The number of guanidine groups is 1. The fourth-order valence-electron chi connectivity index (χ4n) is 2.17. The van der Waals surface area contributed by atoms with E-state index in [0.717, 1.165) is 17.9 Å². The summed E-state index contributed by atoms with van der Waals surface area (Å²) in [5.41, 5.74) is 1.15. The molecular weight excluding hydrogens is 318 g/mol. The average molecular weight is 345 g/mol. The Balaban J connectivity index is 1.87. The number of aryl methyl sites for hydroxylation is 1. The van der Waals surface area contributed by atoms with Crippen LogP contribution in [0.4, 0.5) is 0 Å². The maximum Gasteiger partial charge on any atom is 0.223 e. The van der Waals surface area contributed by atoms with Gasteiger partial charge in [-0.25, -0.2) is 0 Å². The predicted octanol–water partition coefficient (Wildman–Crippen LogP) is 2.84. The lowest BCUT2D eigenvalue weighted by Crippen LogP contribution is -2.38. The minimum Gasteiger partial charge on any atom is -0.493 e. The number of nitrogens with one attached hydrogen (secondary N) is 2. The minimum absolute atomic E-state index is 0.0948. The number of hydrogen-bond donors (Lipinski definition) is 2. The van der Waals surface area contributed by atoms with Gasteiger partial charge in [0.2, 0.25) is 5.89 Å². The molecule has 0 radical (unpaired) electrons. The van der Waals surface area contributed by atoms with Crippen LogP contribution in [0.2, 0.25) is 0 Å². The molecule has 1 unspecified atom stereocenters. The first-order chi connectivity index (χ1) is 12.0. The van der Waals surface area contributed by atoms with E-state index in [1.54, 1.807) is 14.0 Å². The van der Waals surface area contributed by atoms with Gasteiger partial charge in [0.05, 0.1) is 19.2 Å². The Bertz CT molecular complexity index is 679. The Morgan fingerprint density at radius 2 is 1.96 bits per heavy atom. The maximum atomic E-state index is 5.71. The second-order valence-corrected chi connectivity index (χ2v) is 6.30. The van der Waals surface area contributed by atoms with Gasteiger partial charge in [-0.15, -0.1) is 0 Å². The van der Waals surface area contributed by atoms with E-state index in [9.17, 15) is 0 Å². The van der Waals surface area contributed by atoms with Gasteiger partial charge in [0.25, 0.3) is 0 Å². The second-order valence-electron chi connectivity index (χ2n) is 6.30. The summed E-state index contributed by atoms with van der Waals surface area (Å²) in [6, 6.07) is 8.20. The van der Waals surface area contributed by atoms with E-state index in [0.29, 0.717) is 30.1 Å². The lowest BCUT2D eigenvalue weighted by Gasteiger charge is -2.18. The zero-order chi connectivity index (χ0) is 18.2. The molecule has 0 saturated carbocycles. The molecule has 1 atom stereocenters. The molecule has 2 N–H and O–H groups in total. The highest BCUT2D eigenvalue weighted by molar-refractivity contribution is 5.80. The lowest BCUT2D eigenvalue weighted by atomic mass is 10.1. The second kappa shape index (κ2) is 9.05. The molecular formula is C18H27N5O2. The Morgan fingerprint density at radius 3 is 2.52 bits per heavy atom. The molecule has 136 valence electrons. The van der Waals surface area contributed by atoms with Crippen molar-refractivity contribution in [2.24, 2.45) is 10.9 Å². The molecule has 7 heteroatoms. The maximum absolute atomic E-state index is 5.71. The highest BCUT2D eigenvalue weighted by Gasteiger charge is 2.09. The summed E-state index contributed by atoms with van der Waals surface area (Å²) in [7, 11) is 1.73. The van der Waals surface area contributed by atoms with Gasteiger partial charge in [0.15, 0.2) is 11.8 Å². The van der Waals surface area contributed by atoms with Gasteiger partial charge in [-0.1, -0.05) is 31.1 Å². The zero-order valence-corrected chi connectivity index (χ0v) is 15.5. The smallest absolute Gasteiger partial charge is 0.223 e. The largest absolute Gasteiger partial charge is 0.493 e. The molecule has 7 nitrogen and oxygen atoms in total. The minimum atomic E-state index is 0.0948. The molecule has 0 spiro atoms. The first-order valence-corrected chi connectivity index (χ1v) is 8.47. The molecule has 0 saturated heterocycles. The molecule has 0 amide bonds. The van der Waals surface area contributed by atoms with E-state index in [4.69, 9.17) is 9.26 Å². The molecule has 2 aromatic rings. The normalized spacial score (nSPS) is 13.0. The highest BCUT2D eigenvalue weighted by atomic mass is 16.5. The topological polar surface area (TPSA) is 84.6 Å². The van der Waals surface area contributed by atoms with Crippen LogP contribution in [0.5, 0.6) is 5.75 Å². The third kappa shape index (κ3) is 6.10. The van der Waals surface area contributed by atoms with Gasteiger partial charge in [-0.3, -0.25) is 4.99 Å². The molecule has 2 rings (SSSR count). The van der Waals surface area contributed by atoms with Gasteiger partial charge < -0.3 is 19.9 Å². The fraction of sp³-hybridized carbons (Fsp3) is 0.500. The first kappa shape index (κ1) is 18.8. The standard InChI is InChI=1S/C18H27N5O2/c1-12(2)11-24-16-8-6-15(7-9-16)13(3)21-18(19-5)20-10-17-22-14(4)25-23-17/h6-9,12-13H,10-11H2,1-5H3,(H2,19,20,21). The van der Waals surface area contributed by atoms with Crippen LogP contribution in [0.1, 0.15) is 44.1 Å². The van der Waals surface area contributed by atoms with Gasteiger partial charge in [-0.05, 0) is 30.5 Å². The number of aliphatic imine (C=N–C) groups is 1. The van der Waals surface area contributed by atoms with Gasteiger partial charge in [-0.2, -0.15) is 4.98 Å². The van der Waals surface area contributed by atoms with Gasteiger partial charge in [0.1, 0.15) is 5.75 Å². The van der Waals surface area contributed by atoms with Gasteiger partial charge >= 0.3 is 0 Å². The monoisotopic (exact) mass is 345 g/mol. The van der Waals surface area contributed by atoms with Crippen molar-refractivity contribution in [2.75, 3.05) is 13.7 Å². The molecule has 0 fully saturated rings. The van der Waals surface area contributed by atoms with E-state index < -0.39 is 0 Å². The van der Waals surface area contributed by atoms with Crippen LogP contribution in [0.15, 0.2) is 33.8 Å². The summed E-state index contributed by atoms with van der Waals surface area (Å²) in [4.78, 5) is 8.38. The number of benzene rings is 1. The van der Waals surface area contributed by atoms with Crippen LogP contribution >= 0.6 is 0 Å². The predicted molar refractivity (Wildman–Crippen MR) is 97.6 cm³/mol. The highest BCUT2D eigenvalue weighted by Crippen LogP contribution is 2.18. The molecule has 0 aliphatic carbocycles. The summed E-state index contributed by atoms with van der Waals surface area (Å²) in [5, 5.41) is 10.4. The molecule has 0 bridgehead atoms. The van der Waals surface area contributed by atoms with Crippen molar-refractivity contribution in [3.8, 4) is 5.75 Å². The van der Waals surface area contributed by atoms with Crippen molar-refractivity contribution < 1.29 is 9.26 Å². The summed E-state index contributed by atoms with van der Waals surface area (Å²) < 4.78 is 10.7. The number of hydrogen-bond acceptors (Lipinski definition) is 5. The van der Waals surface area contributed by atoms with E-state index >= 15 is 0 Å². The molecule has 0 aliphatic heterocycles. The number of rotatable bonds is 7. The third-order valence-electron chi connectivity index (χ3n) is 3.52. The Hall–Kier alpha value is -2.57. The van der Waals surface area contributed by atoms with Gasteiger partial charge in [0, 0.05) is 14.0 Å². The van der Waals surface area contributed by atoms with Crippen LogP contribution in [-0.2, 0) is 6.54 Å². The average Bonchev–Trinajstić information content (AvgIpc) is 3.02. The van der Waals surface area contributed by atoms with Crippen LogP contribution in [0, 0.1) is 12.8 Å². The van der Waals surface area contributed by atoms with E-state index in [1.807, 2.05) is 12.1 Å². The molecule has 1 aromatic heterocycles. The van der Waals surface area contributed by atoms with Crippen LogP contribution in [0.3, 0.4) is 0 Å². The third-order valence-corrected chi connectivity index (χ3v) is 3.52. The molecule has 0 aliphatic rings. The van der Waals surface area contributed by atoms with Crippen molar-refractivity contribution in [1.29, 1.82) is 0 Å². The number of ether oxygens (including phenoxy) is 1. The Kier molecular flexibility index (Phi) is 6.80. The lowest BCUT2D eigenvalue weighted by molar-refractivity contribution is 0.271. The number of nitrogens with zero attached hydrogens (tertiary/aromatic N) is 3. The first-order valence-electron chi connectivity index (χ1n) is 8.47. The fourth-order valence-corrected chi connectivity index (χ4v) is 2.17. The van der Waals surface area contributed by atoms with E-state index in [2.05, 4.69) is 58.7 Å². The molecule has 1 heterocycles. The summed E-state index contributed by atoms with van der Waals surface area (Å²) >= 11 is 0. The summed E-state index contributed by atoms with van der Waals surface area (Å²) in [5.74, 6) is 3.22.